The maximum absolute atomic E-state index is 11.6. The number of hydrogen-bond acceptors (Lipinski definition) is 5. The first kappa shape index (κ1) is 16.3. The molecule has 0 saturated carbocycles. The Hall–Kier alpha value is -1.12. The number of aromatic carboxylic acids is 1. The number of carboxylic acids is 1. The van der Waals surface area contributed by atoms with Gasteiger partial charge in [-0.05, 0) is 25.8 Å². The highest BCUT2D eigenvalue weighted by molar-refractivity contribution is 7.88. The summed E-state index contributed by atoms with van der Waals surface area (Å²) in [6, 6.07) is 1.71. The van der Waals surface area contributed by atoms with E-state index in [-0.39, 0.29) is 10.8 Å². The van der Waals surface area contributed by atoms with Gasteiger partial charge in [0.15, 0.2) is 4.88 Å². The maximum Gasteiger partial charge on any atom is 0.349 e. The number of piperidine rings is 1. The molecule has 8 heteroatoms. The van der Waals surface area contributed by atoms with E-state index in [0.717, 1.165) is 17.7 Å². The highest BCUT2D eigenvalue weighted by Crippen LogP contribution is 2.30. The van der Waals surface area contributed by atoms with Crippen molar-refractivity contribution in [2.24, 2.45) is 5.92 Å². The summed E-state index contributed by atoms with van der Waals surface area (Å²) < 4.78 is 30.2. The van der Waals surface area contributed by atoms with Crippen LogP contribution in [-0.4, -0.2) is 49.8 Å². The molecule has 2 heterocycles. The van der Waals surface area contributed by atoms with Crippen LogP contribution in [0.2, 0.25) is 0 Å². The Morgan fingerprint density at radius 2 is 2.29 bits per heavy atom. The molecule has 1 atom stereocenters. The van der Waals surface area contributed by atoms with Crippen molar-refractivity contribution in [1.29, 1.82) is 0 Å². The molecule has 0 aromatic carbocycles. The maximum atomic E-state index is 11.6. The Morgan fingerprint density at radius 1 is 1.57 bits per heavy atom. The van der Waals surface area contributed by atoms with Crippen LogP contribution in [-0.2, 0) is 10.0 Å². The fourth-order valence-corrected chi connectivity index (χ4v) is 4.15. The quantitative estimate of drug-likeness (QED) is 0.888. The predicted octanol–water partition coefficient (Wildman–Crippen LogP) is 1.81. The summed E-state index contributed by atoms with van der Waals surface area (Å²) in [6.07, 6.45) is 2.90. The summed E-state index contributed by atoms with van der Waals surface area (Å²) in [5.41, 5.74) is 0. The van der Waals surface area contributed by atoms with Gasteiger partial charge in [0.2, 0.25) is 10.0 Å². The van der Waals surface area contributed by atoms with Crippen molar-refractivity contribution in [3.8, 4) is 5.75 Å². The van der Waals surface area contributed by atoms with Crippen molar-refractivity contribution in [2.75, 3.05) is 26.0 Å². The van der Waals surface area contributed by atoms with E-state index in [4.69, 9.17) is 9.84 Å². The largest absolute Gasteiger partial charge is 0.491 e. The van der Waals surface area contributed by atoms with Gasteiger partial charge in [-0.1, -0.05) is 0 Å². The minimum absolute atomic E-state index is 0.0929. The van der Waals surface area contributed by atoms with Crippen LogP contribution < -0.4 is 4.74 Å². The lowest BCUT2D eigenvalue weighted by Gasteiger charge is -2.30. The molecule has 1 saturated heterocycles. The molecule has 6 nitrogen and oxygen atoms in total. The van der Waals surface area contributed by atoms with Crippen LogP contribution in [0.5, 0.6) is 5.75 Å². The number of sulfonamides is 1. The molecule has 1 aromatic rings. The molecule has 21 heavy (non-hydrogen) atoms. The van der Waals surface area contributed by atoms with Crippen molar-refractivity contribution < 1.29 is 23.1 Å². The van der Waals surface area contributed by atoms with Crippen molar-refractivity contribution in [3.63, 3.8) is 0 Å². The van der Waals surface area contributed by atoms with Gasteiger partial charge in [-0.15, -0.1) is 11.3 Å². The lowest BCUT2D eigenvalue weighted by Crippen LogP contribution is -2.40. The first-order chi connectivity index (χ1) is 9.77. The first-order valence-corrected chi connectivity index (χ1v) is 9.35. The van der Waals surface area contributed by atoms with Gasteiger partial charge in [-0.2, -0.15) is 0 Å². The van der Waals surface area contributed by atoms with Gasteiger partial charge in [-0.3, -0.25) is 0 Å². The van der Waals surface area contributed by atoms with Crippen LogP contribution in [0.3, 0.4) is 0 Å². The van der Waals surface area contributed by atoms with Crippen LogP contribution in [0.4, 0.5) is 0 Å². The molecule has 1 unspecified atom stereocenters. The summed E-state index contributed by atoms with van der Waals surface area (Å²) in [5.74, 6) is -0.527. The molecule has 2 rings (SSSR count). The van der Waals surface area contributed by atoms with Crippen LogP contribution >= 0.6 is 11.3 Å². The number of carbonyl (C=O) groups is 1. The summed E-state index contributed by atoms with van der Waals surface area (Å²) in [6.45, 7) is 3.15. The lowest BCUT2D eigenvalue weighted by molar-refractivity contribution is 0.0696. The summed E-state index contributed by atoms with van der Waals surface area (Å²) in [4.78, 5) is 12.2. The fourth-order valence-electron chi connectivity index (χ4n) is 2.42. The van der Waals surface area contributed by atoms with Gasteiger partial charge in [-0.25, -0.2) is 17.5 Å². The molecule has 0 spiro atoms. The Balaban J connectivity index is 1.98. The zero-order chi connectivity index (χ0) is 15.6. The second kappa shape index (κ2) is 6.33. The summed E-state index contributed by atoms with van der Waals surface area (Å²) >= 11 is 1.18. The molecule has 1 aromatic heterocycles. The number of thiophene rings is 1. The number of nitrogens with zero attached hydrogens (tertiary/aromatic N) is 1. The molecule has 1 fully saturated rings. The molecule has 0 aliphatic carbocycles. The SMILES string of the molecule is Cc1cc(OCC2CCCN(S(C)(=O)=O)C2)c(C(=O)O)s1. The van der Waals surface area contributed by atoms with E-state index in [2.05, 4.69) is 0 Å². The van der Waals surface area contributed by atoms with Gasteiger partial charge in [0.25, 0.3) is 0 Å². The van der Waals surface area contributed by atoms with E-state index in [9.17, 15) is 13.2 Å². The van der Waals surface area contributed by atoms with Crippen molar-refractivity contribution in [1.82, 2.24) is 4.31 Å². The lowest BCUT2D eigenvalue weighted by atomic mass is 10.0. The van der Waals surface area contributed by atoms with E-state index in [0.29, 0.717) is 25.4 Å². The van der Waals surface area contributed by atoms with E-state index >= 15 is 0 Å². The molecular formula is C13H19NO5S2. The first-order valence-electron chi connectivity index (χ1n) is 6.69. The average Bonchev–Trinajstić information content (AvgIpc) is 2.77. The minimum atomic E-state index is -3.17. The monoisotopic (exact) mass is 333 g/mol. The van der Waals surface area contributed by atoms with Gasteiger partial charge >= 0.3 is 5.97 Å². The molecule has 118 valence electrons. The second-order valence-corrected chi connectivity index (χ2v) is 8.53. The number of rotatable bonds is 5. The third-order valence-corrected chi connectivity index (χ3v) is 5.73. The molecule has 1 aliphatic rings. The summed E-state index contributed by atoms with van der Waals surface area (Å²) in [5, 5.41) is 9.11. The molecule has 1 N–H and O–H groups in total. The molecule has 1 aliphatic heterocycles. The van der Waals surface area contributed by atoms with Crippen LogP contribution in [0, 0.1) is 12.8 Å². The third kappa shape index (κ3) is 4.18. The summed E-state index contributed by atoms with van der Waals surface area (Å²) in [7, 11) is -3.17. The molecular weight excluding hydrogens is 314 g/mol. The average molecular weight is 333 g/mol. The van der Waals surface area contributed by atoms with E-state index in [1.54, 1.807) is 6.07 Å². The van der Waals surface area contributed by atoms with E-state index < -0.39 is 16.0 Å². The van der Waals surface area contributed by atoms with Gasteiger partial charge in [0, 0.05) is 23.9 Å². The zero-order valence-corrected chi connectivity index (χ0v) is 13.7. The van der Waals surface area contributed by atoms with Crippen LogP contribution in [0.1, 0.15) is 27.4 Å². The number of hydrogen-bond donors (Lipinski definition) is 1. The zero-order valence-electron chi connectivity index (χ0n) is 12.0. The topological polar surface area (TPSA) is 83.9 Å². The minimum Gasteiger partial charge on any atom is -0.491 e. The smallest absolute Gasteiger partial charge is 0.349 e. The fraction of sp³-hybridized carbons (Fsp3) is 0.615. The van der Waals surface area contributed by atoms with Gasteiger partial charge in [0.1, 0.15) is 5.75 Å². The number of aryl methyl sites for hydroxylation is 1. The van der Waals surface area contributed by atoms with Crippen molar-refractivity contribution in [3.05, 3.63) is 15.8 Å². The van der Waals surface area contributed by atoms with Crippen LogP contribution in [0.15, 0.2) is 6.07 Å². The molecule has 0 amide bonds. The Kier molecular flexibility index (Phi) is 4.90. The second-order valence-electron chi connectivity index (χ2n) is 5.30. The van der Waals surface area contributed by atoms with Gasteiger partial charge in [0.05, 0.1) is 12.9 Å². The van der Waals surface area contributed by atoms with E-state index in [1.165, 1.54) is 21.9 Å². The Bertz CT molecular complexity index is 623. The number of carboxylic acid groups (broad SMARTS) is 1. The van der Waals surface area contributed by atoms with Crippen LogP contribution in [0.25, 0.3) is 0 Å². The Labute approximate surface area is 128 Å². The van der Waals surface area contributed by atoms with Crippen molar-refractivity contribution in [2.45, 2.75) is 19.8 Å². The molecule has 0 bridgehead atoms. The highest BCUT2D eigenvalue weighted by Gasteiger charge is 2.26. The third-order valence-electron chi connectivity index (χ3n) is 3.44. The molecule has 0 radical (unpaired) electrons. The standard InChI is InChI=1S/C13H19NO5S2/c1-9-6-11(12(20-9)13(15)16)19-8-10-4-3-5-14(7-10)21(2,17)18/h6,10H,3-5,7-8H2,1-2H3,(H,15,16). The Morgan fingerprint density at radius 3 is 2.90 bits per heavy atom. The van der Waals surface area contributed by atoms with E-state index in [1.807, 2.05) is 6.92 Å². The highest BCUT2D eigenvalue weighted by atomic mass is 32.2. The number of ether oxygens (including phenoxy) is 1. The van der Waals surface area contributed by atoms with Gasteiger partial charge < -0.3 is 9.84 Å². The predicted molar refractivity (Wildman–Crippen MR) is 80.7 cm³/mol. The normalized spacial score (nSPS) is 20.4. The van der Waals surface area contributed by atoms with Crippen molar-refractivity contribution >= 4 is 27.3 Å².